The molecule has 18 heavy (non-hydrogen) atoms. The summed E-state index contributed by atoms with van der Waals surface area (Å²) in [6.07, 6.45) is 7.61. The van der Waals surface area contributed by atoms with E-state index in [0.29, 0.717) is 5.92 Å². The van der Waals surface area contributed by atoms with Gasteiger partial charge in [-0.1, -0.05) is 13.8 Å². The SMILES string of the molecule is CC(C)CNCc1cn(Cc2ccncc2)cn1. The Morgan fingerprint density at radius 3 is 2.78 bits per heavy atom. The molecule has 0 radical (unpaired) electrons. The van der Waals surface area contributed by atoms with Gasteiger partial charge in [-0.3, -0.25) is 4.98 Å². The van der Waals surface area contributed by atoms with Gasteiger partial charge in [-0.25, -0.2) is 4.98 Å². The second kappa shape index (κ2) is 6.31. The molecule has 2 aromatic heterocycles. The van der Waals surface area contributed by atoms with E-state index < -0.39 is 0 Å². The molecule has 4 nitrogen and oxygen atoms in total. The van der Waals surface area contributed by atoms with Crippen molar-refractivity contribution in [3.63, 3.8) is 0 Å². The lowest BCUT2D eigenvalue weighted by atomic mass is 10.2. The van der Waals surface area contributed by atoms with Crippen molar-refractivity contribution < 1.29 is 0 Å². The van der Waals surface area contributed by atoms with Crippen LogP contribution in [0.5, 0.6) is 0 Å². The van der Waals surface area contributed by atoms with Gasteiger partial charge in [0.05, 0.1) is 12.0 Å². The molecule has 2 heterocycles. The van der Waals surface area contributed by atoms with Gasteiger partial charge in [-0.05, 0) is 30.2 Å². The Balaban J connectivity index is 1.86. The van der Waals surface area contributed by atoms with E-state index in [0.717, 1.165) is 25.3 Å². The minimum Gasteiger partial charge on any atom is -0.333 e. The highest BCUT2D eigenvalue weighted by molar-refractivity contribution is 5.11. The number of hydrogen-bond donors (Lipinski definition) is 1. The van der Waals surface area contributed by atoms with Crippen molar-refractivity contribution in [3.05, 3.63) is 48.3 Å². The van der Waals surface area contributed by atoms with E-state index in [-0.39, 0.29) is 0 Å². The van der Waals surface area contributed by atoms with Gasteiger partial charge in [0.15, 0.2) is 0 Å². The molecule has 0 saturated carbocycles. The van der Waals surface area contributed by atoms with Crippen LogP contribution in [-0.4, -0.2) is 21.1 Å². The van der Waals surface area contributed by atoms with E-state index in [2.05, 4.69) is 39.9 Å². The summed E-state index contributed by atoms with van der Waals surface area (Å²) < 4.78 is 2.10. The van der Waals surface area contributed by atoms with Crippen molar-refractivity contribution in [2.24, 2.45) is 5.92 Å². The Bertz CT molecular complexity index is 462. The first-order chi connectivity index (χ1) is 8.74. The minimum absolute atomic E-state index is 0.670. The molecule has 0 spiro atoms. The van der Waals surface area contributed by atoms with Crippen LogP contribution in [0.3, 0.4) is 0 Å². The van der Waals surface area contributed by atoms with Gasteiger partial charge in [-0.2, -0.15) is 0 Å². The molecule has 0 aliphatic carbocycles. The average Bonchev–Trinajstić information content (AvgIpc) is 2.78. The van der Waals surface area contributed by atoms with Crippen molar-refractivity contribution >= 4 is 0 Å². The third-order valence-corrected chi connectivity index (χ3v) is 2.66. The quantitative estimate of drug-likeness (QED) is 0.846. The monoisotopic (exact) mass is 244 g/mol. The third kappa shape index (κ3) is 3.96. The van der Waals surface area contributed by atoms with Gasteiger partial charge < -0.3 is 9.88 Å². The van der Waals surface area contributed by atoms with Gasteiger partial charge >= 0.3 is 0 Å². The second-order valence-electron chi connectivity index (χ2n) is 4.92. The Kier molecular flexibility index (Phi) is 4.47. The van der Waals surface area contributed by atoms with Crippen LogP contribution < -0.4 is 5.32 Å². The highest BCUT2D eigenvalue weighted by atomic mass is 15.0. The lowest BCUT2D eigenvalue weighted by Crippen LogP contribution is -2.19. The lowest BCUT2D eigenvalue weighted by molar-refractivity contribution is 0.548. The maximum absolute atomic E-state index is 4.39. The number of nitrogens with one attached hydrogen (secondary N) is 1. The molecule has 0 unspecified atom stereocenters. The zero-order chi connectivity index (χ0) is 12.8. The van der Waals surface area contributed by atoms with E-state index in [1.54, 1.807) is 0 Å². The summed E-state index contributed by atoms with van der Waals surface area (Å²) in [5, 5.41) is 3.39. The summed E-state index contributed by atoms with van der Waals surface area (Å²) in [5.74, 6) is 0.670. The number of rotatable bonds is 6. The van der Waals surface area contributed by atoms with Crippen molar-refractivity contribution in [2.75, 3.05) is 6.54 Å². The van der Waals surface area contributed by atoms with E-state index in [4.69, 9.17) is 0 Å². The van der Waals surface area contributed by atoms with Crippen molar-refractivity contribution in [1.82, 2.24) is 19.9 Å². The Morgan fingerprint density at radius 1 is 1.28 bits per heavy atom. The summed E-state index contributed by atoms with van der Waals surface area (Å²) in [6, 6.07) is 4.05. The van der Waals surface area contributed by atoms with Crippen LogP contribution in [0.4, 0.5) is 0 Å². The van der Waals surface area contributed by atoms with Crippen LogP contribution >= 0.6 is 0 Å². The fourth-order valence-electron chi connectivity index (χ4n) is 1.77. The molecule has 0 saturated heterocycles. The Hall–Kier alpha value is -1.68. The van der Waals surface area contributed by atoms with Crippen LogP contribution in [0.1, 0.15) is 25.1 Å². The molecule has 0 bridgehead atoms. The maximum atomic E-state index is 4.39. The molecule has 4 heteroatoms. The van der Waals surface area contributed by atoms with Gasteiger partial charge in [-0.15, -0.1) is 0 Å². The maximum Gasteiger partial charge on any atom is 0.0953 e. The van der Waals surface area contributed by atoms with E-state index >= 15 is 0 Å². The fourth-order valence-corrected chi connectivity index (χ4v) is 1.77. The van der Waals surface area contributed by atoms with Crippen molar-refractivity contribution in [2.45, 2.75) is 26.9 Å². The molecular weight excluding hydrogens is 224 g/mol. The molecular formula is C14H20N4. The first-order valence-electron chi connectivity index (χ1n) is 6.34. The summed E-state index contributed by atoms with van der Waals surface area (Å²) in [7, 11) is 0. The van der Waals surface area contributed by atoms with Crippen LogP contribution in [0.25, 0.3) is 0 Å². The highest BCUT2D eigenvalue weighted by Crippen LogP contribution is 2.03. The first-order valence-corrected chi connectivity index (χ1v) is 6.34. The number of aromatic nitrogens is 3. The summed E-state index contributed by atoms with van der Waals surface area (Å²) >= 11 is 0. The minimum atomic E-state index is 0.670. The van der Waals surface area contributed by atoms with Crippen LogP contribution in [-0.2, 0) is 13.1 Å². The molecule has 0 aliphatic rings. The normalized spacial score (nSPS) is 11.1. The number of imidazole rings is 1. The number of hydrogen-bond acceptors (Lipinski definition) is 3. The van der Waals surface area contributed by atoms with Crippen LogP contribution in [0, 0.1) is 5.92 Å². The number of pyridine rings is 1. The lowest BCUT2D eigenvalue weighted by Gasteiger charge is -2.05. The zero-order valence-electron chi connectivity index (χ0n) is 11.0. The molecule has 0 amide bonds. The first kappa shape index (κ1) is 12.8. The average molecular weight is 244 g/mol. The van der Waals surface area contributed by atoms with Crippen LogP contribution in [0.15, 0.2) is 37.1 Å². The predicted molar refractivity (Wildman–Crippen MR) is 72.1 cm³/mol. The molecule has 0 aliphatic heterocycles. The number of nitrogens with zero attached hydrogens (tertiary/aromatic N) is 3. The van der Waals surface area contributed by atoms with Gasteiger partial charge in [0, 0.05) is 31.7 Å². The molecule has 0 fully saturated rings. The van der Waals surface area contributed by atoms with E-state index in [1.165, 1.54) is 5.56 Å². The molecule has 0 aromatic carbocycles. The molecule has 1 N–H and O–H groups in total. The molecule has 2 aromatic rings. The zero-order valence-corrected chi connectivity index (χ0v) is 11.0. The fraction of sp³-hybridized carbons (Fsp3) is 0.429. The van der Waals surface area contributed by atoms with Gasteiger partial charge in [0.1, 0.15) is 0 Å². The molecule has 96 valence electrons. The second-order valence-corrected chi connectivity index (χ2v) is 4.92. The van der Waals surface area contributed by atoms with Gasteiger partial charge in [0.25, 0.3) is 0 Å². The van der Waals surface area contributed by atoms with Crippen molar-refractivity contribution in [1.29, 1.82) is 0 Å². The van der Waals surface area contributed by atoms with E-state index in [1.807, 2.05) is 30.9 Å². The highest BCUT2D eigenvalue weighted by Gasteiger charge is 2.00. The summed E-state index contributed by atoms with van der Waals surface area (Å²) in [4.78, 5) is 8.41. The van der Waals surface area contributed by atoms with Gasteiger partial charge in [0.2, 0.25) is 0 Å². The topological polar surface area (TPSA) is 42.7 Å². The molecule has 2 rings (SSSR count). The summed E-state index contributed by atoms with van der Waals surface area (Å²) in [5.41, 5.74) is 2.33. The standard InChI is InChI=1S/C14H20N4/c1-12(2)7-16-8-14-10-18(11-17-14)9-13-3-5-15-6-4-13/h3-6,10-12,16H,7-9H2,1-2H3. The summed E-state index contributed by atoms with van der Waals surface area (Å²) in [6.45, 7) is 7.11. The van der Waals surface area contributed by atoms with Crippen LogP contribution in [0.2, 0.25) is 0 Å². The third-order valence-electron chi connectivity index (χ3n) is 2.66. The molecule has 0 atom stereocenters. The smallest absolute Gasteiger partial charge is 0.0953 e. The largest absolute Gasteiger partial charge is 0.333 e. The van der Waals surface area contributed by atoms with E-state index in [9.17, 15) is 0 Å². The Morgan fingerprint density at radius 2 is 2.06 bits per heavy atom. The predicted octanol–water partition coefficient (Wildman–Crippen LogP) is 2.07. The van der Waals surface area contributed by atoms with Crippen molar-refractivity contribution in [3.8, 4) is 0 Å². The Labute approximate surface area is 108 Å².